The Morgan fingerprint density at radius 1 is 1.22 bits per heavy atom. The smallest absolute Gasteiger partial charge is 0.221 e. The van der Waals surface area contributed by atoms with Crippen LogP contribution in [0.2, 0.25) is 5.15 Å². The first kappa shape index (κ1) is 12.2. The number of rotatable bonds is 3. The van der Waals surface area contributed by atoms with Crippen molar-refractivity contribution in [1.82, 2.24) is 4.98 Å². The molecular formula is C13H9ClN2O2. The Labute approximate surface area is 109 Å². The molecule has 0 fully saturated rings. The maximum atomic E-state index is 8.82. The Balaban J connectivity index is 2.28. The second-order valence-corrected chi connectivity index (χ2v) is 3.80. The van der Waals surface area contributed by atoms with Gasteiger partial charge in [0.2, 0.25) is 5.88 Å². The lowest BCUT2D eigenvalue weighted by Crippen LogP contribution is -1.90. The van der Waals surface area contributed by atoms with E-state index in [1.165, 1.54) is 12.1 Å². The summed E-state index contributed by atoms with van der Waals surface area (Å²) in [6.07, 6.45) is 0. The maximum absolute atomic E-state index is 8.82. The Morgan fingerprint density at radius 2 is 2.00 bits per heavy atom. The Morgan fingerprint density at radius 3 is 2.72 bits per heavy atom. The molecule has 1 heterocycles. The van der Waals surface area contributed by atoms with Gasteiger partial charge in [-0.2, -0.15) is 5.26 Å². The quantitative estimate of drug-likeness (QED) is 0.794. The molecule has 0 saturated carbocycles. The minimum Gasteiger partial charge on any atom is -0.497 e. The Kier molecular flexibility index (Phi) is 3.66. The summed E-state index contributed by atoms with van der Waals surface area (Å²) in [4.78, 5) is 3.98. The van der Waals surface area contributed by atoms with Crippen molar-refractivity contribution in [2.75, 3.05) is 7.11 Å². The normalized spacial score (nSPS) is 9.61. The molecule has 1 aromatic heterocycles. The van der Waals surface area contributed by atoms with E-state index in [-0.39, 0.29) is 11.0 Å². The minimum absolute atomic E-state index is 0.215. The zero-order valence-corrected chi connectivity index (χ0v) is 10.3. The molecule has 4 nitrogen and oxygen atoms in total. The van der Waals surface area contributed by atoms with Crippen LogP contribution < -0.4 is 9.47 Å². The number of ether oxygens (including phenoxy) is 2. The Bertz CT molecular complexity index is 608. The monoisotopic (exact) mass is 260 g/mol. The zero-order chi connectivity index (χ0) is 13.0. The van der Waals surface area contributed by atoms with E-state index in [0.717, 1.165) is 0 Å². The van der Waals surface area contributed by atoms with Gasteiger partial charge in [0.05, 0.1) is 18.7 Å². The van der Waals surface area contributed by atoms with E-state index in [9.17, 15) is 0 Å². The third-order valence-corrected chi connectivity index (χ3v) is 2.36. The van der Waals surface area contributed by atoms with Crippen LogP contribution >= 0.6 is 11.6 Å². The summed E-state index contributed by atoms with van der Waals surface area (Å²) in [6.45, 7) is 0. The van der Waals surface area contributed by atoms with Gasteiger partial charge in [-0.1, -0.05) is 17.7 Å². The molecule has 0 atom stereocenters. The molecule has 1 aromatic carbocycles. The van der Waals surface area contributed by atoms with Crippen molar-refractivity contribution in [3.63, 3.8) is 0 Å². The lowest BCUT2D eigenvalue weighted by Gasteiger charge is -2.06. The van der Waals surface area contributed by atoms with Gasteiger partial charge in [0.1, 0.15) is 16.7 Å². The van der Waals surface area contributed by atoms with Gasteiger partial charge in [-0.05, 0) is 18.2 Å². The summed E-state index contributed by atoms with van der Waals surface area (Å²) in [7, 11) is 1.57. The number of hydrogen-bond donors (Lipinski definition) is 0. The number of nitrogens with zero attached hydrogens (tertiary/aromatic N) is 2. The number of benzene rings is 1. The molecule has 2 aromatic rings. The maximum Gasteiger partial charge on any atom is 0.221 e. The fourth-order valence-corrected chi connectivity index (χ4v) is 1.58. The van der Waals surface area contributed by atoms with Gasteiger partial charge in [0, 0.05) is 12.1 Å². The molecule has 0 amide bonds. The third-order valence-electron chi connectivity index (χ3n) is 2.16. The van der Waals surface area contributed by atoms with E-state index in [2.05, 4.69) is 4.98 Å². The highest BCUT2D eigenvalue weighted by molar-refractivity contribution is 6.29. The second-order valence-electron chi connectivity index (χ2n) is 3.41. The van der Waals surface area contributed by atoms with Gasteiger partial charge in [0.15, 0.2) is 0 Å². The molecule has 5 heteroatoms. The van der Waals surface area contributed by atoms with Crippen LogP contribution in [0.15, 0.2) is 36.4 Å². The fraction of sp³-hybridized carbons (Fsp3) is 0.0769. The summed E-state index contributed by atoms with van der Waals surface area (Å²) in [5.41, 5.74) is 0.396. The van der Waals surface area contributed by atoms with E-state index in [0.29, 0.717) is 17.1 Å². The highest BCUT2D eigenvalue weighted by Gasteiger charge is 2.04. The molecule has 0 unspecified atom stereocenters. The predicted molar refractivity (Wildman–Crippen MR) is 67.0 cm³/mol. The summed E-state index contributed by atoms with van der Waals surface area (Å²) in [5, 5.41) is 9.04. The molecule has 18 heavy (non-hydrogen) atoms. The summed E-state index contributed by atoms with van der Waals surface area (Å²) >= 11 is 5.79. The van der Waals surface area contributed by atoms with E-state index >= 15 is 0 Å². The molecule has 0 aliphatic carbocycles. The average Bonchev–Trinajstić information content (AvgIpc) is 2.38. The first-order valence-electron chi connectivity index (χ1n) is 5.11. The standard InChI is InChI=1S/C13H9ClN2O2/c1-17-10-3-2-4-11(7-10)18-13-6-9(8-15)5-12(14)16-13/h2-7H,1H3. The molecule has 0 aliphatic heterocycles. The molecule has 0 bridgehead atoms. The second kappa shape index (κ2) is 5.39. The number of nitriles is 1. The lowest BCUT2D eigenvalue weighted by atomic mass is 10.3. The van der Waals surface area contributed by atoms with Crippen LogP contribution in [0.25, 0.3) is 0 Å². The number of methoxy groups -OCH3 is 1. The van der Waals surface area contributed by atoms with Crippen molar-refractivity contribution < 1.29 is 9.47 Å². The summed E-state index contributed by atoms with van der Waals surface area (Å²) < 4.78 is 10.6. The van der Waals surface area contributed by atoms with Crippen LogP contribution in [-0.2, 0) is 0 Å². The van der Waals surface area contributed by atoms with Crippen molar-refractivity contribution in [3.05, 3.63) is 47.1 Å². The predicted octanol–water partition coefficient (Wildman–Crippen LogP) is 3.41. The van der Waals surface area contributed by atoms with Crippen molar-refractivity contribution in [3.8, 4) is 23.4 Å². The fourth-order valence-electron chi connectivity index (χ4n) is 1.38. The third kappa shape index (κ3) is 2.90. The number of halogens is 1. The average molecular weight is 261 g/mol. The van der Waals surface area contributed by atoms with Crippen molar-refractivity contribution in [2.45, 2.75) is 0 Å². The molecule has 2 rings (SSSR count). The number of aromatic nitrogens is 1. The highest BCUT2D eigenvalue weighted by Crippen LogP contribution is 2.25. The van der Waals surface area contributed by atoms with Crippen molar-refractivity contribution >= 4 is 11.6 Å². The molecule has 0 radical (unpaired) electrons. The largest absolute Gasteiger partial charge is 0.497 e. The van der Waals surface area contributed by atoms with Crippen LogP contribution in [-0.4, -0.2) is 12.1 Å². The van der Waals surface area contributed by atoms with E-state index in [1.807, 2.05) is 6.07 Å². The van der Waals surface area contributed by atoms with Gasteiger partial charge in [0.25, 0.3) is 0 Å². The van der Waals surface area contributed by atoms with Crippen molar-refractivity contribution in [1.29, 1.82) is 5.26 Å². The number of hydrogen-bond acceptors (Lipinski definition) is 4. The first-order chi connectivity index (χ1) is 8.71. The SMILES string of the molecule is COc1cccc(Oc2cc(C#N)cc(Cl)n2)c1. The van der Waals surface area contributed by atoms with Gasteiger partial charge in [-0.25, -0.2) is 4.98 Å². The molecular weight excluding hydrogens is 252 g/mol. The summed E-state index contributed by atoms with van der Waals surface area (Å²) in [6, 6.07) is 12.1. The minimum atomic E-state index is 0.215. The molecule has 0 spiro atoms. The van der Waals surface area contributed by atoms with E-state index < -0.39 is 0 Å². The van der Waals surface area contributed by atoms with Crippen LogP contribution in [0.3, 0.4) is 0 Å². The van der Waals surface area contributed by atoms with E-state index in [1.54, 1.807) is 31.4 Å². The van der Waals surface area contributed by atoms with Crippen molar-refractivity contribution in [2.24, 2.45) is 0 Å². The molecule has 0 N–H and O–H groups in total. The molecule has 0 aliphatic rings. The van der Waals surface area contributed by atoms with Gasteiger partial charge < -0.3 is 9.47 Å². The van der Waals surface area contributed by atoms with Gasteiger partial charge in [-0.3, -0.25) is 0 Å². The summed E-state index contributed by atoms with van der Waals surface area (Å²) in [5.74, 6) is 1.51. The Hall–Kier alpha value is -2.25. The van der Waals surface area contributed by atoms with Gasteiger partial charge >= 0.3 is 0 Å². The van der Waals surface area contributed by atoms with E-state index in [4.69, 9.17) is 26.3 Å². The van der Waals surface area contributed by atoms with Crippen LogP contribution in [0.4, 0.5) is 0 Å². The number of pyridine rings is 1. The van der Waals surface area contributed by atoms with Crippen LogP contribution in [0.5, 0.6) is 17.4 Å². The molecule has 0 saturated heterocycles. The highest BCUT2D eigenvalue weighted by atomic mass is 35.5. The van der Waals surface area contributed by atoms with Crippen LogP contribution in [0, 0.1) is 11.3 Å². The zero-order valence-electron chi connectivity index (χ0n) is 9.55. The first-order valence-corrected chi connectivity index (χ1v) is 5.48. The lowest BCUT2D eigenvalue weighted by molar-refractivity contribution is 0.407. The van der Waals surface area contributed by atoms with Gasteiger partial charge in [-0.15, -0.1) is 0 Å². The molecule has 90 valence electrons. The topological polar surface area (TPSA) is 55.1 Å². The van der Waals surface area contributed by atoms with Crippen LogP contribution in [0.1, 0.15) is 5.56 Å².